The molecule has 0 atom stereocenters. The largest absolute Gasteiger partial charge is 0.372 e. The maximum absolute atomic E-state index is 12.5. The minimum Gasteiger partial charge on any atom is -0.372 e. The van der Waals surface area contributed by atoms with Gasteiger partial charge in [0.1, 0.15) is 0 Å². The predicted molar refractivity (Wildman–Crippen MR) is 108 cm³/mol. The molecule has 2 aromatic rings. The number of anilines is 3. The van der Waals surface area contributed by atoms with Crippen molar-refractivity contribution in [2.45, 2.75) is 32.1 Å². The third kappa shape index (κ3) is 3.97. The molecule has 2 heterocycles. The Kier molecular flexibility index (Phi) is 5.10. The summed E-state index contributed by atoms with van der Waals surface area (Å²) in [5, 5.41) is 2.93. The zero-order valence-corrected chi connectivity index (χ0v) is 15.5. The molecule has 2 aliphatic rings. The highest BCUT2D eigenvalue weighted by molar-refractivity contribution is 6.04. The normalized spacial score (nSPS) is 17.3. The van der Waals surface area contributed by atoms with Crippen molar-refractivity contribution in [3.05, 3.63) is 54.1 Å². The average molecular weight is 363 g/mol. The molecular formula is C22H25N3O2. The van der Waals surface area contributed by atoms with Crippen LogP contribution in [0.4, 0.5) is 17.1 Å². The molecule has 5 nitrogen and oxygen atoms in total. The number of hydrogen-bond donors (Lipinski definition) is 1. The van der Waals surface area contributed by atoms with E-state index in [-0.39, 0.29) is 11.8 Å². The Balaban J connectivity index is 1.39. The SMILES string of the molecule is O=C(Nc1ccc(N2CCCC2=O)cc1)c1ccc(N2CCCCC2)cc1. The number of benzene rings is 2. The molecule has 0 saturated carbocycles. The molecular weight excluding hydrogens is 338 g/mol. The van der Waals surface area contributed by atoms with Crippen molar-refractivity contribution in [2.24, 2.45) is 0 Å². The number of carbonyl (C=O) groups is 2. The maximum Gasteiger partial charge on any atom is 0.255 e. The van der Waals surface area contributed by atoms with Crippen molar-refractivity contribution in [2.75, 3.05) is 34.8 Å². The van der Waals surface area contributed by atoms with Gasteiger partial charge in [0.05, 0.1) is 0 Å². The van der Waals surface area contributed by atoms with E-state index < -0.39 is 0 Å². The van der Waals surface area contributed by atoms with Gasteiger partial charge in [0.25, 0.3) is 5.91 Å². The van der Waals surface area contributed by atoms with E-state index in [1.54, 1.807) is 4.90 Å². The fraction of sp³-hybridized carbons (Fsp3) is 0.364. The van der Waals surface area contributed by atoms with E-state index in [4.69, 9.17) is 0 Å². The minimum absolute atomic E-state index is 0.120. The number of nitrogens with zero attached hydrogens (tertiary/aromatic N) is 2. The number of rotatable bonds is 4. The first kappa shape index (κ1) is 17.6. The molecule has 2 aromatic carbocycles. The number of piperidine rings is 1. The molecule has 2 amide bonds. The second-order valence-corrected chi connectivity index (χ2v) is 7.24. The smallest absolute Gasteiger partial charge is 0.255 e. The van der Waals surface area contributed by atoms with Gasteiger partial charge in [0, 0.05) is 48.7 Å². The topological polar surface area (TPSA) is 52.7 Å². The van der Waals surface area contributed by atoms with E-state index in [9.17, 15) is 9.59 Å². The van der Waals surface area contributed by atoms with E-state index >= 15 is 0 Å². The Hall–Kier alpha value is -2.82. The molecule has 5 heteroatoms. The van der Waals surface area contributed by atoms with Crippen molar-refractivity contribution < 1.29 is 9.59 Å². The van der Waals surface area contributed by atoms with E-state index in [1.165, 1.54) is 24.9 Å². The monoisotopic (exact) mass is 363 g/mol. The summed E-state index contributed by atoms with van der Waals surface area (Å²) < 4.78 is 0. The van der Waals surface area contributed by atoms with Crippen molar-refractivity contribution in [1.82, 2.24) is 0 Å². The van der Waals surface area contributed by atoms with Crippen LogP contribution in [0.2, 0.25) is 0 Å². The zero-order chi connectivity index (χ0) is 18.6. The maximum atomic E-state index is 12.5. The third-order valence-corrected chi connectivity index (χ3v) is 5.36. The number of carbonyl (C=O) groups excluding carboxylic acids is 2. The summed E-state index contributed by atoms with van der Waals surface area (Å²) >= 11 is 0. The van der Waals surface area contributed by atoms with E-state index in [0.717, 1.165) is 37.4 Å². The molecule has 0 radical (unpaired) electrons. The standard InChI is InChI=1S/C22H25N3O2/c26-21-5-4-16-25(21)20-12-8-18(9-13-20)23-22(27)17-6-10-19(11-7-17)24-14-2-1-3-15-24/h6-13H,1-5,14-16H2,(H,23,27). The predicted octanol–water partition coefficient (Wildman–Crippen LogP) is 4.06. The van der Waals surface area contributed by atoms with Crippen LogP contribution in [0.1, 0.15) is 42.5 Å². The van der Waals surface area contributed by atoms with E-state index in [0.29, 0.717) is 12.0 Å². The summed E-state index contributed by atoms with van der Waals surface area (Å²) in [5.41, 5.74) is 3.46. The molecule has 4 rings (SSSR count). The van der Waals surface area contributed by atoms with Gasteiger partial charge in [0.15, 0.2) is 0 Å². The van der Waals surface area contributed by atoms with Gasteiger partial charge in [-0.15, -0.1) is 0 Å². The van der Waals surface area contributed by atoms with Gasteiger partial charge in [-0.3, -0.25) is 9.59 Å². The third-order valence-electron chi connectivity index (χ3n) is 5.36. The van der Waals surface area contributed by atoms with Crippen molar-refractivity contribution in [1.29, 1.82) is 0 Å². The molecule has 0 aliphatic carbocycles. The first-order valence-electron chi connectivity index (χ1n) is 9.77. The van der Waals surface area contributed by atoms with Crippen molar-refractivity contribution in [3.8, 4) is 0 Å². The molecule has 2 saturated heterocycles. The van der Waals surface area contributed by atoms with Gasteiger partial charge in [0.2, 0.25) is 5.91 Å². The van der Waals surface area contributed by atoms with Gasteiger partial charge >= 0.3 is 0 Å². The summed E-state index contributed by atoms with van der Waals surface area (Å²) in [5.74, 6) is 0.0470. The highest BCUT2D eigenvalue weighted by Crippen LogP contribution is 2.24. The van der Waals surface area contributed by atoms with Gasteiger partial charge in [-0.2, -0.15) is 0 Å². The molecule has 27 heavy (non-hydrogen) atoms. The summed E-state index contributed by atoms with van der Waals surface area (Å²) in [7, 11) is 0. The summed E-state index contributed by atoms with van der Waals surface area (Å²) in [6.45, 7) is 2.96. The molecule has 2 aliphatic heterocycles. The second-order valence-electron chi connectivity index (χ2n) is 7.24. The minimum atomic E-state index is -0.120. The van der Waals surface area contributed by atoms with Gasteiger partial charge in [-0.05, 0) is 74.2 Å². The molecule has 0 spiro atoms. The number of hydrogen-bond acceptors (Lipinski definition) is 3. The van der Waals surface area contributed by atoms with Crippen LogP contribution in [-0.4, -0.2) is 31.4 Å². The van der Waals surface area contributed by atoms with Crippen LogP contribution >= 0.6 is 0 Å². The fourth-order valence-electron chi connectivity index (χ4n) is 3.82. The van der Waals surface area contributed by atoms with Crippen LogP contribution in [0.3, 0.4) is 0 Å². The second kappa shape index (κ2) is 7.82. The zero-order valence-electron chi connectivity index (χ0n) is 15.5. The van der Waals surface area contributed by atoms with Crippen LogP contribution < -0.4 is 15.1 Å². The Morgan fingerprint density at radius 3 is 2.07 bits per heavy atom. The highest BCUT2D eigenvalue weighted by Gasteiger charge is 2.21. The molecule has 140 valence electrons. The van der Waals surface area contributed by atoms with E-state index in [2.05, 4.69) is 10.2 Å². The van der Waals surface area contributed by atoms with Gasteiger partial charge in [-0.1, -0.05) is 0 Å². The highest BCUT2D eigenvalue weighted by atomic mass is 16.2. The number of nitrogens with one attached hydrogen (secondary N) is 1. The van der Waals surface area contributed by atoms with E-state index in [1.807, 2.05) is 48.5 Å². The lowest BCUT2D eigenvalue weighted by molar-refractivity contribution is -0.117. The summed E-state index contributed by atoms with van der Waals surface area (Å²) in [6.07, 6.45) is 5.31. The van der Waals surface area contributed by atoms with Gasteiger partial charge in [-0.25, -0.2) is 0 Å². The van der Waals surface area contributed by atoms with Gasteiger partial charge < -0.3 is 15.1 Å². The number of amides is 2. The summed E-state index contributed by atoms with van der Waals surface area (Å²) in [6, 6.07) is 15.3. The quantitative estimate of drug-likeness (QED) is 0.891. The molecule has 0 unspecified atom stereocenters. The first-order valence-corrected chi connectivity index (χ1v) is 9.77. The summed E-state index contributed by atoms with van der Waals surface area (Å²) in [4.78, 5) is 28.5. The lowest BCUT2D eigenvalue weighted by Gasteiger charge is -2.28. The van der Waals surface area contributed by atoms with Crippen LogP contribution in [-0.2, 0) is 4.79 Å². The molecule has 1 N–H and O–H groups in total. The van der Waals surface area contributed by atoms with Crippen LogP contribution in [0.15, 0.2) is 48.5 Å². The first-order chi connectivity index (χ1) is 13.2. The lowest BCUT2D eigenvalue weighted by atomic mass is 10.1. The van der Waals surface area contributed by atoms with Crippen LogP contribution in [0.5, 0.6) is 0 Å². The molecule has 2 fully saturated rings. The van der Waals surface area contributed by atoms with Crippen molar-refractivity contribution in [3.63, 3.8) is 0 Å². The van der Waals surface area contributed by atoms with Crippen LogP contribution in [0.25, 0.3) is 0 Å². The Labute approximate surface area is 160 Å². The lowest BCUT2D eigenvalue weighted by Crippen LogP contribution is -2.29. The Morgan fingerprint density at radius 2 is 1.44 bits per heavy atom. The molecule has 0 aromatic heterocycles. The fourth-order valence-corrected chi connectivity index (χ4v) is 3.82. The Morgan fingerprint density at radius 1 is 0.778 bits per heavy atom. The van der Waals surface area contributed by atoms with Crippen molar-refractivity contribution >= 4 is 28.9 Å². The Bertz CT molecular complexity index is 808. The molecule has 0 bridgehead atoms. The van der Waals surface area contributed by atoms with Crippen LogP contribution in [0, 0.1) is 0 Å². The average Bonchev–Trinajstić information content (AvgIpc) is 3.15.